The molecule has 0 aromatic heterocycles. The van der Waals surface area contributed by atoms with Crippen LogP contribution >= 0.6 is 0 Å². The maximum atomic E-state index is 12.9. The molecule has 1 aliphatic rings. The number of ketones is 1. The number of Topliss-reactive ketones (excluding diaryl/α,β-unsaturated/α-hetero) is 1. The van der Waals surface area contributed by atoms with E-state index in [1.54, 1.807) is 0 Å². The molecular formula is C10H13F4NO2. The molecule has 17 heavy (non-hydrogen) atoms. The quantitative estimate of drug-likeness (QED) is 0.719. The zero-order chi connectivity index (χ0) is 13.2. The minimum absolute atomic E-state index is 0.000903. The van der Waals surface area contributed by atoms with Crippen molar-refractivity contribution in [2.45, 2.75) is 44.6 Å². The van der Waals surface area contributed by atoms with Crippen LogP contribution in [0.4, 0.5) is 17.6 Å². The van der Waals surface area contributed by atoms with Crippen molar-refractivity contribution in [3.63, 3.8) is 0 Å². The number of hydrogen-bond acceptors (Lipinski definition) is 2. The Labute approximate surface area is 95.8 Å². The molecule has 0 bridgehead atoms. The van der Waals surface area contributed by atoms with Crippen molar-refractivity contribution in [3.8, 4) is 0 Å². The third kappa shape index (κ3) is 2.95. The van der Waals surface area contributed by atoms with Gasteiger partial charge in [0.05, 0.1) is 0 Å². The fourth-order valence-electron chi connectivity index (χ4n) is 1.93. The van der Waals surface area contributed by atoms with Crippen molar-refractivity contribution in [2.24, 2.45) is 0 Å². The average molecular weight is 255 g/mol. The number of carbonyl (C=O) groups is 2. The minimum Gasteiger partial charge on any atom is -0.334 e. The zero-order valence-corrected chi connectivity index (χ0v) is 9.26. The lowest BCUT2D eigenvalue weighted by Gasteiger charge is -2.27. The van der Waals surface area contributed by atoms with Gasteiger partial charge in [-0.2, -0.15) is 8.78 Å². The van der Waals surface area contributed by atoms with Crippen LogP contribution in [0.15, 0.2) is 0 Å². The van der Waals surface area contributed by atoms with Crippen LogP contribution in [0.25, 0.3) is 0 Å². The Morgan fingerprint density at radius 1 is 1.41 bits per heavy atom. The van der Waals surface area contributed by atoms with Gasteiger partial charge in [-0.05, 0) is 19.8 Å². The Morgan fingerprint density at radius 2 is 2.00 bits per heavy atom. The first-order valence-electron chi connectivity index (χ1n) is 5.23. The van der Waals surface area contributed by atoms with E-state index in [4.69, 9.17) is 0 Å². The van der Waals surface area contributed by atoms with Gasteiger partial charge in [-0.1, -0.05) is 0 Å². The Bertz CT molecular complexity index is 319. The van der Waals surface area contributed by atoms with Crippen LogP contribution in [0.3, 0.4) is 0 Å². The molecule has 0 aromatic carbocycles. The monoisotopic (exact) mass is 255 g/mol. The third-order valence-electron chi connectivity index (χ3n) is 2.72. The number of hydrogen-bond donors (Lipinski definition) is 0. The van der Waals surface area contributed by atoms with E-state index in [0.717, 1.165) is 0 Å². The van der Waals surface area contributed by atoms with Gasteiger partial charge in [0.2, 0.25) is 0 Å². The lowest BCUT2D eigenvalue weighted by Crippen LogP contribution is -2.49. The first-order valence-corrected chi connectivity index (χ1v) is 5.23. The van der Waals surface area contributed by atoms with Crippen LogP contribution in [0.5, 0.6) is 0 Å². The molecule has 1 saturated heterocycles. The van der Waals surface area contributed by atoms with Gasteiger partial charge in [0.1, 0.15) is 5.78 Å². The summed E-state index contributed by atoms with van der Waals surface area (Å²) < 4.78 is 49.8. The molecule has 1 amide bonds. The summed E-state index contributed by atoms with van der Waals surface area (Å²) in [5, 5.41) is 0. The van der Waals surface area contributed by atoms with Crippen LogP contribution < -0.4 is 0 Å². The Kier molecular flexibility index (Phi) is 4.11. The van der Waals surface area contributed by atoms with E-state index in [1.165, 1.54) is 6.92 Å². The van der Waals surface area contributed by atoms with Gasteiger partial charge in [0.15, 0.2) is 0 Å². The molecule has 1 unspecified atom stereocenters. The van der Waals surface area contributed by atoms with Gasteiger partial charge in [0.25, 0.3) is 5.91 Å². The average Bonchev–Trinajstić information content (AvgIpc) is 2.63. The van der Waals surface area contributed by atoms with Crippen LogP contribution in [-0.4, -0.2) is 41.5 Å². The molecular weight excluding hydrogens is 242 g/mol. The summed E-state index contributed by atoms with van der Waals surface area (Å²) >= 11 is 0. The highest BCUT2D eigenvalue weighted by atomic mass is 19.3. The van der Waals surface area contributed by atoms with E-state index in [1.807, 2.05) is 0 Å². The van der Waals surface area contributed by atoms with E-state index in [0.29, 0.717) is 17.7 Å². The molecule has 0 aliphatic carbocycles. The van der Waals surface area contributed by atoms with Crippen molar-refractivity contribution >= 4 is 11.7 Å². The largest absolute Gasteiger partial charge is 0.383 e. The van der Waals surface area contributed by atoms with E-state index in [-0.39, 0.29) is 18.7 Å². The van der Waals surface area contributed by atoms with Crippen LogP contribution in [-0.2, 0) is 9.59 Å². The van der Waals surface area contributed by atoms with Crippen LogP contribution in [0.2, 0.25) is 0 Å². The number of likely N-dealkylation sites (tertiary alicyclic amines) is 1. The summed E-state index contributed by atoms with van der Waals surface area (Å²) in [6, 6.07) is -0.676. The van der Waals surface area contributed by atoms with Crippen molar-refractivity contribution in [3.05, 3.63) is 0 Å². The fraction of sp³-hybridized carbons (Fsp3) is 0.800. The van der Waals surface area contributed by atoms with Gasteiger partial charge in [-0.15, -0.1) is 0 Å². The highest BCUT2D eigenvalue weighted by Crippen LogP contribution is 2.30. The number of nitrogens with zero attached hydrogens (tertiary/aromatic N) is 1. The number of amides is 1. The first-order chi connectivity index (χ1) is 7.76. The number of rotatable bonds is 4. The lowest BCUT2D eigenvalue weighted by molar-refractivity contribution is -0.181. The number of halogens is 4. The van der Waals surface area contributed by atoms with Crippen molar-refractivity contribution in [1.82, 2.24) is 4.90 Å². The molecule has 98 valence electrons. The fourth-order valence-corrected chi connectivity index (χ4v) is 1.93. The third-order valence-corrected chi connectivity index (χ3v) is 2.72. The molecule has 1 fully saturated rings. The summed E-state index contributed by atoms with van der Waals surface area (Å²) in [4.78, 5) is 22.9. The normalized spacial score (nSPS) is 21.1. The van der Waals surface area contributed by atoms with Crippen molar-refractivity contribution < 1.29 is 27.2 Å². The maximum Gasteiger partial charge on any atom is 0.383 e. The summed E-state index contributed by atoms with van der Waals surface area (Å²) in [6.45, 7) is 1.27. The van der Waals surface area contributed by atoms with Crippen molar-refractivity contribution in [2.75, 3.05) is 6.54 Å². The van der Waals surface area contributed by atoms with E-state index >= 15 is 0 Å². The van der Waals surface area contributed by atoms with E-state index < -0.39 is 24.3 Å². The van der Waals surface area contributed by atoms with Crippen molar-refractivity contribution in [1.29, 1.82) is 0 Å². The summed E-state index contributed by atoms with van der Waals surface area (Å²) in [7, 11) is 0. The molecule has 1 heterocycles. The molecule has 1 rings (SSSR count). The molecule has 1 atom stereocenters. The highest BCUT2D eigenvalue weighted by Gasteiger charge is 2.52. The predicted molar refractivity (Wildman–Crippen MR) is 51.0 cm³/mol. The predicted octanol–water partition coefficient (Wildman–Crippen LogP) is 1.86. The van der Waals surface area contributed by atoms with E-state index in [2.05, 4.69) is 0 Å². The second kappa shape index (κ2) is 5.01. The summed E-state index contributed by atoms with van der Waals surface area (Å²) in [6.07, 6.45) is -3.24. The van der Waals surface area contributed by atoms with Gasteiger partial charge < -0.3 is 4.90 Å². The van der Waals surface area contributed by atoms with Gasteiger partial charge in [-0.3, -0.25) is 9.59 Å². The first kappa shape index (κ1) is 13.9. The SMILES string of the molecule is CC(=O)CC1CCCN1C(=O)C(F)(F)C(F)F. The highest BCUT2D eigenvalue weighted by molar-refractivity contribution is 5.85. The number of alkyl halides is 4. The van der Waals surface area contributed by atoms with Gasteiger partial charge >= 0.3 is 12.3 Å². The Hall–Kier alpha value is -1.14. The maximum absolute atomic E-state index is 12.9. The second-order valence-electron chi connectivity index (χ2n) is 4.12. The molecule has 0 spiro atoms. The topological polar surface area (TPSA) is 37.4 Å². The number of carbonyl (C=O) groups excluding carboxylic acids is 2. The summed E-state index contributed by atoms with van der Waals surface area (Å²) in [5.41, 5.74) is 0. The Balaban J connectivity index is 2.77. The van der Waals surface area contributed by atoms with Gasteiger partial charge in [0, 0.05) is 19.0 Å². The molecule has 0 radical (unpaired) electrons. The summed E-state index contributed by atoms with van der Waals surface area (Å²) in [5.74, 6) is -6.80. The van der Waals surface area contributed by atoms with Gasteiger partial charge in [-0.25, -0.2) is 8.78 Å². The molecule has 0 saturated carbocycles. The standard InChI is InChI=1S/C10H13F4NO2/c1-6(16)5-7-3-2-4-15(7)9(17)10(13,14)8(11)12/h7-8H,2-5H2,1H3. The van der Waals surface area contributed by atoms with E-state index in [9.17, 15) is 27.2 Å². The van der Waals surface area contributed by atoms with Crippen LogP contribution in [0.1, 0.15) is 26.2 Å². The molecule has 0 aromatic rings. The smallest absolute Gasteiger partial charge is 0.334 e. The Morgan fingerprint density at radius 3 is 2.47 bits per heavy atom. The second-order valence-corrected chi connectivity index (χ2v) is 4.12. The minimum atomic E-state index is -4.67. The zero-order valence-electron chi connectivity index (χ0n) is 9.26. The molecule has 0 N–H and O–H groups in total. The molecule has 1 aliphatic heterocycles. The molecule has 7 heteroatoms. The van der Waals surface area contributed by atoms with Crippen LogP contribution in [0, 0.1) is 0 Å². The molecule has 3 nitrogen and oxygen atoms in total. The lowest BCUT2D eigenvalue weighted by atomic mass is 10.1.